The highest BCUT2D eigenvalue weighted by Crippen LogP contribution is 2.62. The van der Waals surface area contributed by atoms with Crippen LogP contribution in [0.15, 0.2) is 21.2 Å². The average molecular weight is 414 g/mol. The van der Waals surface area contributed by atoms with Gasteiger partial charge in [-0.05, 0) is 90.1 Å². The van der Waals surface area contributed by atoms with Gasteiger partial charge in [0, 0.05) is 16.9 Å². The number of hydrogen-bond donors (Lipinski definition) is 1. The molecule has 0 bridgehead atoms. The topological polar surface area (TPSA) is 37.3 Å². The molecule has 24 heavy (non-hydrogen) atoms. The Kier molecular flexibility index (Phi) is 4.50. The zero-order chi connectivity index (χ0) is 17.1. The van der Waals surface area contributed by atoms with Crippen molar-refractivity contribution in [1.82, 2.24) is 0 Å². The highest BCUT2D eigenvalue weighted by molar-refractivity contribution is 9.12. The van der Waals surface area contributed by atoms with Crippen molar-refractivity contribution in [2.75, 3.05) is 0 Å². The molecule has 6 atom stereocenters. The molecular weight excluding hydrogens is 388 g/mol. The molecule has 0 aromatic carbocycles. The fourth-order valence-corrected chi connectivity index (χ4v) is 7.48. The Morgan fingerprint density at radius 1 is 1.29 bits per heavy atom. The van der Waals surface area contributed by atoms with E-state index < -0.39 is 6.10 Å². The van der Waals surface area contributed by atoms with Crippen LogP contribution < -0.4 is 0 Å². The molecule has 0 aromatic heterocycles. The first-order valence-corrected chi connectivity index (χ1v) is 10.6. The Labute approximate surface area is 157 Å². The van der Waals surface area contributed by atoms with Crippen molar-refractivity contribution in [3.63, 3.8) is 0 Å². The molecular formula is C20H26BrClO2. The Hall–Kier alpha value is -0.120. The Morgan fingerprint density at radius 3 is 2.83 bits per heavy atom. The lowest BCUT2D eigenvalue weighted by Gasteiger charge is -2.58. The zero-order valence-electron chi connectivity index (χ0n) is 14.2. The summed E-state index contributed by atoms with van der Waals surface area (Å²) in [4.78, 5) is 12.1. The predicted molar refractivity (Wildman–Crippen MR) is 99.9 cm³/mol. The maximum absolute atomic E-state index is 12.1. The standard InChI is InChI=1S/C20H26BrClO2/c1-2-20-10-9-12-11-5-8-17(23)18(21)14(11)4-3-13(12)15(20)6-7-16(22)19(20)24/h7,11-13,15,19,24H,2-6,8-10H2,1H3/t11-,12-,13-,15+,19+,20?/m1/s1. The van der Waals surface area contributed by atoms with E-state index in [0.717, 1.165) is 43.0 Å². The average Bonchev–Trinajstić information content (AvgIpc) is 2.60. The number of halogens is 2. The van der Waals surface area contributed by atoms with Crippen LogP contribution in [0.3, 0.4) is 0 Å². The second kappa shape index (κ2) is 6.25. The van der Waals surface area contributed by atoms with Gasteiger partial charge in [-0.2, -0.15) is 0 Å². The summed E-state index contributed by atoms with van der Waals surface area (Å²) in [5.41, 5.74) is 1.36. The number of aliphatic hydroxyl groups is 1. The lowest BCUT2D eigenvalue weighted by Crippen LogP contribution is -2.54. The Morgan fingerprint density at radius 2 is 2.08 bits per heavy atom. The number of carbonyl (C=O) groups is 1. The molecule has 0 amide bonds. The minimum absolute atomic E-state index is 0.0318. The van der Waals surface area contributed by atoms with E-state index in [0.29, 0.717) is 40.9 Å². The normalized spacial score (nSPS) is 45.2. The van der Waals surface area contributed by atoms with Crippen LogP contribution >= 0.6 is 27.5 Å². The van der Waals surface area contributed by atoms with Crippen LogP contribution in [0.1, 0.15) is 58.3 Å². The summed E-state index contributed by atoms with van der Waals surface area (Å²) in [5, 5.41) is 11.5. The van der Waals surface area contributed by atoms with Gasteiger partial charge >= 0.3 is 0 Å². The van der Waals surface area contributed by atoms with Gasteiger partial charge in [0.2, 0.25) is 0 Å². The summed E-state index contributed by atoms with van der Waals surface area (Å²) in [5.74, 6) is 2.75. The fraction of sp³-hybridized carbons (Fsp3) is 0.750. The molecule has 2 nitrogen and oxygen atoms in total. The third-order valence-corrected chi connectivity index (χ3v) is 9.01. The lowest BCUT2D eigenvalue weighted by atomic mass is 9.47. The summed E-state index contributed by atoms with van der Waals surface area (Å²) < 4.78 is 0.885. The third-order valence-electron chi connectivity index (χ3n) is 7.70. The number of allylic oxidation sites excluding steroid dienone is 3. The zero-order valence-corrected chi connectivity index (χ0v) is 16.6. The van der Waals surface area contributed by atoms with Crippen LogP contribution in [0.2, 0.25) is 0 Å². The molecule has 0 aromatic rings. The number of rotatable bonds is 1. The maximum Gasteiger partial charge on any atom is 0.169 e. The van der Waals surface area contributed by atoms with Crippen molar-refractivity contribution >= 4 is 33.3 Å². The van der Waals surface area contributed by atoms with E-state index in [9.17, 15) is 9.90 Å². The number of ketones is 1. The van der Waals surface area contributed by atoms with Gasteiger partial charge in [-0.15, -0.1) is 0 Å². The van der Waals surface area contributed by atoms with Crippen LogP contribution in [0.5, 0.6) is 0 Å². The number of Topliss-reactive ketones (excluding diaryl/α,β-unsaturated/α-hetero) is 1. The van der Waals surface area contributed by atoms with E-state index in [-0.39, 0.29) is 5.41 Å². The summed E-state index contributed by atoms with van der Waals surface area (Å²) in [6.07, 6.45) is 9.74. The van der Waals surface area contributed by atoms with Crippen LogP contribution in [-0.4, -0.2) is 17.0 Å². The Bertz CT molecular complexity index is 625. The van der Waals surface area contributed by atoms with Crippen molar-refractivity contribution in [3.8, 4) is 0 Å². The molecule has 4 heteroatoms. The van der Waals surface area contributed by atoms with Crippen LogP contribution in [-0.2, 0) is 4.79 Å². The van der Waals surface area contributed by atoms with Gasteiger partial charge in [0.1, 0.15) is 0 Å². The van der Waals surface area contributed by atoms with Gasteiger partial charge in [0.25, 0.3) is 0 Å². The van der Waals surface area contributed by atoms with E-state index in [1.54, 1.807) is 0 Å². The molecule has 1 N–H and O–H groups in total. The minimum atomic E-state index is -0.486. The van der Waals surface area contributed by atoms with Gasteiger partial charge < -0.3 is 5.11 Å². The first-order chi connectivity index (χ1) is 11.5. The first-order valence-electron chi connectivity index (χ1n) is 9.45. The van der Waals surface area contributed by atoms with E-state index in [4.69, 9.17) is 11.6 Å². The predicted octanol–water partition coefficient (Wildman–Crippen LogP) is 5.33. The first kappa shape index (κ1) is 17.3. The fourth-order valence-electron chi connectivity index (χ4n) is 6.48. The van der Waals surface area contributed by atoms with Crippen molar-refractivity contribution < 1.29 is 9.90 Å². The molecule has 132 valence electrons. The van der Waals surface area contributed by atoms with Crippen LogP contribution in [0.4, 0.5) is 0 Å². The number of fused-ring (bicyclic) bond motifs is 5. The highest BCUT2D eigenvalue weighted by Gasteiger charge is 2.56. The van der Waals surface area contributed by atoms with Crippen molar-refractivity contribution in [2.45, 2.75) is 64.4 Å². The molecule has 4 rings (SSSR count). The minimum Gasteiger partial charge on any atom is -0.387 e. The van der Waals surface area contributed by atoms with Crippen LogP contribution in [0, 0.1) is 29.1 Å². The third kappa shape index (κ3) is 2.34. The largest absolute Gasteiger partial charge is 0.387 e. The number of carbonyl (C=O) groups excluding carboxylic acids is 1. The Balaban J connectivity index is 1.69. The van der Waals surface area contributed by atoms with Crippen molar-refractivity contribution in [3.05, 3.63) is 21.2 Å². The van der Waals surface area contributed by atoms with E-state index in [1.807, 2.05) is 0 Å². The molecule has 2 fully saturated rings. The van der Waals surface area contributed by atoms with Crippen LogP contribution in [0.25, 0.3) is 0 Å². The van der Waals surface area contributed by atoms with E-state index in [2.05, 4.69) is 28.9 Å². The SMILES string of the molecule is CCC12CC[C@H]3[C@@H](CCC4=C(Br)C(=O)CC[C@@H]43)[C@@H]1CC=C(Cl)[C@@H]2O. The summed E-state index contributed by atoms with van der Waals surface area (Å²) in [7, 11) is 0. The molecule has 0 saturated heterocycles. The molecule has 4 aliphatic carbocycles. The number of hydrogen-bond acceptors (Lipinski definition) is 2. The summed E-state index contributed by atoms with van der Waals surface area (Å²) in [6, 6.07) is 0. The molecule has 1 unspecified atom stereocenters. The van der Waals surface area contributed by atoms with Gasteiger partial charge in [0.15, 0.2) is 5.78 Å². The molecule has 0 heterocycles. The van der Waals surface area contributed by atoms with Crippen molar-refractivity contribution in [1.29, 1.82) is 0 Å². The van der Waals surface area contributed by atoms with E-state index >= 15 is 0 Å². The summed E-state index contributed by atoms with van der Waals surface area (Å²) in [6.45, 7) is 2.22. The number of aliphatic hydroxyl groups excluding tert-OH is 1. The molecule has 4 aliphatic rings. The van der Waals surface area contributed by atoms with Crippen molar-refractivity contribution in [2.24, 2.45) is 29.1 Å². The van der Waals surface area contributed by atoms with Gasteiger partial charge in [0.05, 0.1) is 10.6 Å². The quantitative estimate of drug-likeness (QED) is 0.630. The second-order valence-corrected chi connectivity index (χ2v) is 9.46. The molecule has 0 aliphatic heterocycles. The lowest BCUT2D eigenvalue weighted by molar-refractivity contribution is -0.117. The van der Waals surface area contributed by atoms with Gasteiger partial charge in [-0.25, -0.2) is 0 Å². The molecule has 2 saturated carbocycles. The summed E-state index contributed by atoms with van der Waals surface area (Å²) >= 11 is 9.92. The maximum atomic E-state index is 12.1. The van der Waals surface area contributed by atoms with Gasteiger partial charge in [-0.3, -0.25) is 4.79 Å². The molecule has 0 radical (unpaired) electrons. The van der Waals surface area contributed by atoms with Gasteiger partial charge in [-0.1, -0.05) is 24.6 Å². The van der Waals surface area contributed by atoms with E-state index in [1.165, 1.54) is 12.0 Å². The molecule has 0 spiro atoms. The smallest absolute Gasteiger partial charge is 0.169 e. The monoisotopic (exact) mass is 412 g/mol. The second-order valence-electron chi connectivity index (χ2n) is 8.23. The highest BCUT2D eigenvalue weighted by atomic mass is 79.9.